The van der Waals surface area contributed by atoms with Crippen molar-refractivity contribution in [2.45, 2.75) is 13.0 Å². The highest BCUT2D eigenvalue weighted by molar-refractivity contribution is 5.95. The molecule has 0 saturated carbocycles. The van der Waals surface area contributed by atoms with Gasteiger partial charge in [-0.2, -0.15) is 0 Å². The normalized spacial score (nSPS) is 11.4. The van der Waals surface area contributed by atoms with E-state index in [0.717, 1.165) is 16.5 Å². The summed E-state index contributed by atoms with van der Waals surface area (Å²) in [6.07, 6.45) is -0.978. The van der Waals surface area contributed by atoms with Gasteiger partial charge in [0.15, 0.2) is 12.7 Å². The van der Waals surface area contributed by atoms with Crippen LogP contribution in [0, 0.1) is 0 Å². The Balaban J connectivity index is 1.27. The van der Waals surface area contributed by atoms with Crippen molar-refractivity contribution in [3.8, 4) is 17.2 Å². The van der Waals surface area contributed by atoms with Gasteiger partial charge >= 0.3 is 5.97 Å². The molecule has 6 heteroatoms. The zero-order valence-electron chi connectivity index (χ0n) is 18.1. The van der Waals surface area contributed by atoms with Crippen molar-refractivity contribution < 1.29 is 23.8 Å². The molecule has 0 spiro atoms. The van der Waals surface area contributed by atoms with Crippen LogP contribution in [0.15, 0.2) is 97.1 Å². The van der Waals surface area contributed by atoms with Crippen molar-refractivity contribution in [2.75, 3.05) is 11.9 Å². The van der Waals surface area contributed by atoms with Gasteiger partial charge in [0.1, 0.15) is 17.2 Å². The molecule has 0 saturated heterocycles. The molecule has 0 aliphatic heterocycles. The number of esters is 1. The second-order valence-electron chi connectivity index (χ2n) is 7.33. The lowest BCUT2D eigenvalue weighted by atomic mass is 10.1. The predicted octanol–water partition coefficient (Wildman–Crippen LogP) is 5.58. The minimum absolute atomic E-state index is 0.294. The SMILES string of the molecule is C[C@@H](OC(=O)COc1cccc2ccccc12)C(=O)Nc1ccc(Oc2ccccc2)cc1. The number of fused-ring (bicyclic) bond motifs is 1. The first kappa shape index (κ1) is 21.9. The molecule has 0 unspecified atom stereocenters. The Bertz CT molecular complexity index is 1230. The van der Waals surface area contributed by atoms with E-state index in [1.165, 1.54) is 6.92 Å². The van der Waals surface area contributed by atoms with E-state index in [-0.39, 0.29) is 6.61 Å². The maximum Gasteiger partial charge on any atom is 0.344 e. The summed E-state index contributed by atoms with van der Waals surface area (Å²) in [5.74, 6) is 0.882. The molecule has 0 bridgehead atoms. The summed E-state index contributed by atoms with van der Waals surface area (Å²) in [5.41, 5.74) is 0.565. The molecule has 6 nitrogen and oxygen atoms in total. The van der Waals surface area contributed by atoms with Gasteiger partial charge in [-0.3, -0.25) is 4.79 Å². The van der Waals surface area contributed by atoms with Gasteiger partial charge in [-0.15, -0.1) is 0 Å². The zero-order chi connectivity index (χ0) is 23.0. The number of anilines is 1. The number of ether oxygens (including phenoxy) is 3. The number of rotatable bonds is 8. The maximum absolute atomic E-state index is 12.4. The van der Waals surface area contributed by atoms with E-state index in [2.05, 4.69) is 5.32 Å². The lowest BCUT2D eigenvalue weighted by molar-refractivity contribution is -0.155. The molecule has 0 aromatic heterocycles. The van der Waals surface area contributed by atoms with Crippen LogP contribution in [0.2, 0.25) is 0 Å². The highest BCUT2D eigenvalue weighted by Gasteiger charge is 2.18. The van der Waals surface area contributed by atoms with Crippen molar-refractivity contribution in [3.05, 3.63) is 97.1 Å². The standard InChI is InChI=1S/C27H23NO5/c1-19(32-26(29)18-31-25-13-7-9-20-8-5-6-12-24(20)25)27(30)28-21-14-16-23(17-15-21)33-22-10-3-2-4-11-22/h2-17,19H,18H2,1H3,(H,28,30)/t19-/m1/s1. The molecular formula is C27H23NO5. The van der Waals surface area contributed by atoms with Crippen molar-refractivity contribution in [2.24, 2.45) is 0 Å². The van der Waals surface area contributed by atoms with Gasteiger partial charge in [-0.25, -0.2) is 4.79 Å². The third-order valence-corrected chi connectivity index (χ3v) is 4.87. The first-order valence-corrected chi connectivity index (χ1v) is 10.5. The summed E-state index contributed by atoms with van der Waals surface area (Å²) in [6.45, 7) is 1.22. The molecule has 166 valence electrons. The van der Waals surface area contributed by atoms with Crippen LogP contribution in [-0.2, 0) is 14.3 Å². The Hall–Kier alpha value is -4.32. The fourth-order valence-corrected chi connectivity index (χ4v) is 3.22. The molecule has 33 heavy (non-hydrogen) atoms. The van der Waals surface area contributed by atoms with E-state index in [0.29, 0.717) is 17.2 Å². The van der Waals surface area contributed by atoms with Crippen LogP contribution in [0.5, 0.6) is 17.2 Å². The zero-order valence-corrected chi connectivity index (χ0v) is 18.1. The van der Waals surface area contributed by atoms with E-state index in [9.17, 15) is 9.59 Å². The number of carbonyl (C=O) groups excluding carboxylic acids is 2. The molecule has 4 aromatic rings. The van der Waals surface area contributed by atoms with Gasteiger partial charge < -0.3 is 19.5 Å². The van der Waals surface area contributed by atoms with Crippen LogP contribution in [0.3, 0.4) is 0 Å². The molecule has 4 aromatic carbocycles. The lowest BCUT2D eigenvalue weighted by Gasteiger charge is -2.15. The quantitative estimate of drug-likeness (QED) is 0.361. The molecular weight excluding hydrogens is 418 g/mol. The number of hydrogen-bond donors (Lipinski definition) is 1. The number of hydrogen-bond acceptors (Lipinski definition) is 5. The summed E-state index contributed by atoms with van der Waals surface area (Å²) in [4.78, 5) is 24.6. The van der Waals surface area contributed by atoms with E-state index < -0.39 is 18.0 Å². The highest BCUT2D eigenvalue weighted by Crippen LogP contribution is 2.25. The summed E-state index contributed by atoms with van der Waals surface area (Å²) >= 11 is 0. The molecule has 0 aliphatic carbocycles. The Morgan fingerprint density at radius 3 is 2.24 bits per heavy atom. The topological polar surface area (TPSA) is 73.9 Å². The van der Waals surface area contributed by atoms with Crippen molar-refractivity contribution in [1.82, 2.24) is 0 Å². The number of benzene rings is 4. The maximum atomic E-state index is 12.4. The monoisotopic (exact) mass is 441 g/mol. The van der Waals surface area contributed by atoms with Crippen LogP contribution in [0.1, 0.15) is 6.92 Å². The molecule has 4 rings (SSSR count). The van der Waals surface area contributed by atoms with Gasteiger partial charge in [0.25, 0.3) is 5.91 Å². The third kappa shape index (κ3) is 5.89. The minimum Gasteiger partial charge on any atom is -0.481 e. The first-order chi connectivity index (χ1) is 16.1. The first-order valence-electron chi connectivity index (χ1n) is 10.5. The van der Waals surface area contributed by atoms with E-state index in [1.54, 1.807) is 30.3 Å². The Labute approximate surface area is 191 Å². The van der Waals surface area contributed by atoms with Crippen LogP contribution in [-0.4, -0.2) is 24.6 Å². The second-order valence-corrected chi connectivity index (χ2v) is 7.33. The Morgan fingerprint density at radius 1 is 0.788 bits per heavy atom. The van der Waals surface area contributed by atoms with Crippen molar-refractivity contribution in [1.29, 1.82) is 0 Å². The van der Waals surface area contributed by atoms with Crippen molar-refractivity contribution in [3.63, 3.8) is 0 Å². The molecule has 0 heterocycles. The van der Waals surface area contributed by atoms with Crippen LogP contribution in [0.25, 0.3) is 10.8 Å². The number of amides is 1. The van der Waals surface area contributed by atoms with Crippen LogP contribution in [0.4, 0.5) is 5.69 Å². The minimum atomic E-state index is -0.978. The average Bonchev–Trinajstić information content (AvgIpc) is 2.84. The van der Waals surface area contributed by atoms with Crippen molar-refractivity contribution >= 4 is 28.3 Å². The van der Waals surface area contributed by atoms with Gasteiger partial charge in [0.05, 0.1) is 0 Å². The van der Waals surface area contributed by atoms with Crippen LogP contribution < -0.4 is 14.8 Å². The largest absolute Gasteiger partial charge is 0.481 e. The number of para-hydroxylation sites is 1. The average molecular weight is 441 g/mol. The molecule has 0 radical (unpaired) electrons. The van der Waals surface area contributed by atoms with Gasteiger partial charge in [0, 0.05) is 11.1 Å². The van der Waals surface area contributed by atoms with Crippen LogP contribution >= 0.6 is 0 Å². The highest BCUT2D eigenvalue weighted by atomic mass is 16.6. The van der Waals surface area contributed by atoms with E-state index in [4.69, 9.17) is 14.2 Å². The van der Waals surface area contributed by atoms with Gasteiger partial charge in [0.2, 0.25) is 0 Å². The third-order valence-electron chi connectivity index (χ3n) is 4.87. The molecule has 1 N–H and O–H groups in total. The molecule has 1 amide bonds. The second kappa shape index (κ2) is 10.3. The van der Waals surface area contributed by atoms with E-state index >= 15 is 0 Å². The summed E-state index contributed by atoms with van der Waals surface area (Å²) < 4.78 is 16.6. The predicted molar refractivity (Wildman–Crippen MR) is 127 cm³/mol. The Kier molecular flexibility index (Phi) is 6.85. The number of carbonyl (C=O) groups is 2. The molecule has 1 atom stereocenters. The smallest absolute Gasteiger partial charge is 0.344 e. The fourth-order valence-electron chi connectivity index (χ4n) is 3.22. The summed E-state index contributed by atoms with van der Waals surface area (Å²) in [5, 5.41) is 4.64. The van der Waals surface area contributed by atoms with Gasteiger partial charge in [-0.05, 0) is 54.8 Å². The molecule has 0 aliphatic rings. The molecule has 0 fully saturated rings. The Morgan fingerprint density at radius 2 is 1.45 bits per heavy atom. The van der Waals surface area contributed by atoms with E-state index in [1.807, 2.05) is 66.7 Å². The number of nitrogens with one attached hydrogen (secondary N) is 1. The van der Waals surface area contributed by atoms with Gasteiger partial charge in [-0.1, -0.05) is 54.6 Å². The lowest BCUT2D eigenvalue weighted by Crippen LogP contribution is -2.31. The summed E-state index contributed by atoms with van der Waals surface area (Å²) in [6, 6.07) is 29.7. The fraction of sp³-hybridized carbons (Fsp3) is 0.111. The summed E-state index contributed by atoms with van der Waals surface area (Å²) in [7, 11) is 0.